The van der Waals surface area contributed by atoms with Gasteiger partial charge in [0.2, 0.25) is 5.91 Å². The zero-order valence-electron chi connectivity index (χ0n) is 9.80. The Kier molecular flexibility index (Phi) is 4.79. The van der Waals surface area contributed by atoms with Crippen molar-refractivity contribution in [1.29, 1.82) is 5.16 Å². The molecule has 0 heterocycles. The normalized spacial score (nSPS) is 10.9. The smallest absolute Gasteiger partial charge is 0.326 e. The van der Waals surface area contributed by atoms with Crippen molar-refractivity contribution in [2.24, 2.45) is 10.7 Å². The molecule has 2 N–H and O–H groups in total. The molecule has 0 fully saturated rings. The van der Waals surface area contributed by atoms with Gasteiger partial charge >= 0.3 is 8.09 Å². The first kappa shape index (κ1) is 13.3. The van der Waals surface area contributed by atoms with E-state index in [0.717, 1.165) is 0 Å². The minimum absolute atomic E-state index is 0.0582. The van der Waals surface area contributed by atoms with E-state index in [2.05, 4.69) is 16.8 Å². The lowest BCUT2D eigenvalue weighted by atomic mass is 10.2. The first-order valence-corrected chi connectivity index (χ1v) is 6.31. The van der Waals surface area contributed by atoms with E-state index in [1.54, 1.807) is 24.3 Å². The molecule has 0 aromatic heterocycles. The standard InChI is InChI=1S/C11H14N3O2P/c1-8(2)11(15)14-9-5-4-6-10(7-9)16-17(12)13-3/h4-8,12H,3H2,1-2H3/p+1. The Morgan fingerprint density at radius 2 is 2.29 bits per heavy atom. The molecule has 0 radical (unpaired) electrons. The number of benzene rings is 1. The fourth-order valence-corrected chi connectivity index (χ4v) is 1.42. The van der Waals surface area contributed by atoms with E-state index in [4.69, 9.17) is 9.69 Å². The zero-order chi connectivity index (χ0) is 12.8. The van der Waals surface area contributed by atoms with Gasteiger partial charge in [-0.2, -0.15) is 0 Å². The SMILES string of the molecule is C=N[P+](=N)Oc1cccc(NC(=O)C(C)C)c1. The molecule has 0 aliphatic rings. The number of rotatable bonds is 5. The number of hydrogen-bond donors (Lipinski definition) is 2. The molecule has 1 atom stereocenters. The molecule has 6 heteroatoms. The maximum Gasteiger partial charge on any atom is 0.580 e. The van der Waals surface area contributed by atoms with Gasteiger partial charge in [0.1, 0.15) is 0 Å². The molecule has 0 saturated carbocycles. The summed E-state index contributed by atoms with van der Waals surface area (Å²) in [6, 6.07) is 6.88. The minimum atomic E-state index is -1.65. The maximum atomic E-state index is 11.5. The van der Waals surface area contributed by atoms with E-state index < -0.39 is 8.09 Å². The van der Waals surface area contributed by atoms with Crippen LogP contribution in [0.5, 0.6) is 5.75 Å². The summed E-state index contributed by atoms with van der Waals surface area (Å²) in [6.07, 6.45) is 0. The topological polar surface area (TPSA) is 74.5 Å². The summed E-state index contributed by atoms with van der Waals surface area (Å²) in [5.41, 5.74) is 0.647. The fourth-order valence-electron chi connectivity index (χ4n) is 1.05. The van der Waals surface area contributed by atoms with E-state index in [9.17, 15) is 4.79 Å². The van der Waals surface area contributed by atoms with Crippen LogP contribution in [-0.4, -0.2) is 12.6 Å². The third kappa shape index (κ3) is 4.33. The van der Waals surface area contributed by atoms with Gasteiger partial charge in [-0.25, -0.2) is 4.52 Å². The number of amides is 1. The van der Waals surface area contributed by atoms with Crippen LogP contribution in [0.4, 0.5) is 5.69 Å². The van der Waals surface area contributed by atoms with E-state index in [0.29, 0.717) is 11.4 Å². The Morgan fingerprint density at radius 1 is 1.59 bits per heavy atom. The van der Waals surface area contributed by atoms with Crippen LogP contribution in [0, 0.1) is 11.1 Å². The predicted molar refractivity (Wildman–Crippen MR) is 69.7 cm³/mol. The third-order valence-corrected chi connectivity index (χ3v) is 2.59. The Labute approximate surface area is 101 Å². The Hall–Kier alpha value is -1.74. The van der Waals surface area contributed by atoms with Crippen molar-refractivity contribution in [3.05, 3.63) is 24.3 Å². The summed E-state index contributed by atoms with van der Waals surface area (Å²) in [6.45, 7) is 6.89. The second-order valence-corrected chi connectivity index (χ2v) is 4.69. The van der Waals surface area contributed by atoms with Gasteiger partial charge in [-0.3, -0.25) is 4.79 Å². The van der Waals surface area contributed by atoms with Gasteiger partial charge < -0.3 is 5.32 Å². The molecular formula is C11H15N3O2P+. The number of nitrogens with one attached hydrogen (secondary N) is 2. The van der Waals surface area contributed by atoms with Crippen LogP contribution < -0.4 is 9.84 Å². The van der Waals surface area contributed by atoms with Gasteiger partial charge in [0.25, 0.3) is 0 Å². The Balaban J connectivity index is 2.75. The monoisotopic (exact) mass is 252 g/mol. The summed E-state index contributed by atoms with van der Waals surface area (Å²) in [7, 11) is -1.65. The van der Waals surface area contributed by atoms with Gasteiger partial charge in [0, 0.05) is 24.4 Å². The van der Waals surface area contributed by atoms with Crippen LogP contribution >= 0.6 is 8.09 Å². The van der Waals surface area contributed by atoms with Crippen LogP contribution in [0.3, 0.4) is 0 Å². The first-order valence-electron chi connectivity index (χ1n) is 5.10. The molecule has 17 heavy (non-hydrogen) atoms. The van der Waals surface area contributed by atoms with Crippen molar-refractivity contribution in [2.75, 3.05) is 5.32 Å². The molecule has 5 nitrogen and oxygen atoms in total. The highest BCUT2D eigenvalue weighted by molar-refractivity contribution is 7.39. The lowest BCUT2D eigenvalue weighted by Gasteiger charge is -2.07. The predicted octanol–water partition coefficient (Wildman–Crippen LogP) is 3.43. The molecule has 1 unspecified atom stereocenters. The quantitative estimate of drug-likeness (QED) is 0.622. The van der Waals surface area contributed by atoms with E-state index >= 15 is 0 Å². The van der Waals surface area contributed by atoms with Crippen LogP contribution in [0.2, 0.25) is 0 Å². The molecule has 1 amide bonds. The van der Waals surface area contributed by atoms with Gasteiger partial charge in [-0.15, -0.1) is 0 Å². The van der Waals surface area contributed by atoms with Crippen molar-refractivity contribution in [1.82, 2.24) is 0 Å². The molecule has 90 valence electrons. The van der Waals surface area contributed by atoms with Crippen molar-refractivity contribution in [2.45, 2.75) is 13.8 Å². The molecule has 0 saturated heterocycles. The van der Waals surface area contributed by atoms with E-state index in [1.165, 1.54) is 0 Å². The highest BCUT2D eigenvalue weighted by Crippen LogP contribution is 2.29. The minimum Gasteiger partial charge on any atom is -0.326 e. The Morgan fingerprint density at radius 3 is 2.88 bits per heavy atom. The summed E-state index contributed by atoms with van der Waals surface area (Å²) < 4.78 is 8.67. The van der Waals surface area contributed by atoms with Gasteiger partial charge in [-0.05, 0) is 16.9 Å². The average Bonchev–Trinajstić information content (AvgIpc) is 2.29. The van der Waals surface area contributed by atoms with Crippen LogP contribution in [0.15, 0.2) is 29.0 Å². The van der Waals surface area contributed by atoms with Crippen molar-refractivity contribution in [3.8, 4) is 5.75 Å². The number of carbonyl (C=O) groups is 1. The molecule has 0 spiro atoms. The first-order chi connectivity index (χ1) is 8.02. The highest BCUT2D eigenvalue weighted by atomic mass is 31.1. The molecule has 0 bridgehead atoms. The van der Waals surface area contributed by atoms with Crippen LogP contribution in [0.1, 0.15) is 13.8 Å². The number of nitrogens with zero attached hydrogens (tertiary/aromatic N) is 1. The highest BCUT2D eigenvalue weighted by Gasteiger charge is 2.12. The molecule has 1 aromatic carbocycles. The van der Waals surface area contributed by atoms with Gasteiger partial charge in [-0.1, -0.05) is 25.1 Å². The molecular weight excluding hydrogens is 237 g/mol. The fraction of sp³-hybridized carbons (Fsp3) is 0.273. The van der Waals surface area contributed by atoms with Crippen LogP contribution in [-0.2, 0) is 4.79 Å². The second kappa shape index (κ2) is 6.11. The number of anilines is 1. The molecule has 1 rings (SSSR count). The van der Waals surface area contributed by atoms with Crippen molar-refractivity contribution < 1.29 is 9.32 Å². The Bertz CT molecular complexity index is 446. The van der Waals surface area contributed by atoms with E-state index in [-0.39, 0.29) is 11.8 Å². The third-order valence-electron chi connectivity index (χ3n) is 1.95. The van der Waals surface area contributed by atoms with Crippen LogP contribution in [0.25, 0.3) is 0 Å². The number of carbonyl (C=O) groups excluding carboxylic acids is 1. The molecule has 0 aliphatic heterocycles. The van der Waals surface area contributed by atoms with Gasteiger partial charge in [0.15, 0.2) is 5.75 Å². The summed E-state index contributed by atoms with van der Waals surface area (Å²) in [4.78, 5) is 11.5. The summed E-state index contributed by atoms with van der Waals surface area (Å²) in [5, 5.41) is 10.1. The number of hydrogen-bond acceptors (Lipinski definition) is 3. The van der Waals surface area contributed by atoms with E-state index in [1.807, 2.05) is 13.8 Å². The van der Waals surface area contributed by atoms with Crippen molar-refractivity contribution in [3.63, 3.8) is 0 Å². The average molecular weight is 252 g/mol. The second-order valence-electron chi connectivity index (χ2n) is 3.68. The molecule has 0 aliphatic carbocycles. The summed E-state index contributed by atoms with van der Waals surface area (Å²) in [5.74, 6) is 0.361. The summed E-state index contributed by atoms with van der Waals surface area (Å²) >= 11 is 0. The lowest BCUT2D eigenvalue weighted by Crippen LogP contribution is -2.17. The lowest BCUT2D eigenvalue weighted by molar-refractivity contribution is -0.118. The van der Waals surface area contributed by atoms with Crippen molar-refractivity contribution >= 4 is 26.4 Å². The zero-order valence-corrected chi connectivity index (χ0v) is 10.7. The largest absolute Gasteiger partial charge is 0.580 e. The van der Waals surface area contributed by atoms with Gasteiger partial charge in [0.05, 0.1) is 0 Å². The maximum absolute atomic E-state index is 11.5. The molecule has 1 aromatic rings.